The number of fused-ring (bicyclic) bond motifs is 1. The third-order valence-electron chi connectivity index (χ3n) is 2.76. The third kappa shape index (κ3) is 4.22. The minimum Gasteiger partial charge on any atom is -0.355 e. The molecule has 2 rings (SSSR count). The van der Waals surface area contributed by atoms with Crippen molar-refractivity contribution < 1.29 is 4.79 Å². The van der Waals surface area contributed by atoms with Crippen LogP contribution in [0.15, 0.2) is 24.5 Å². The summed E-state index contributed by atoms with van der Waals surface area (Å²) < 4.78 is 0. The van der Waals surface area contributed by atoms with Crippen LogP contribution in [0.1, 0.15) is 12.5 Å². The number of aromatic amines is 1. The number of amides is 1. The Morgan fingerprint density at radius 1 is 1.42 bits per heavy atom. The van der Waals surface area contributed by atoms with Crippen molar-refractivity contribution in [2.45, 2.75) is 13.3 Å². The van der Waals surface area contributed by atoms with Gasteiger partial charge in [0.1, 0.15) is 5.65 Å². The molecule has 0 unspecified atom stereocenters. The lowest BCUT2D eigenvalue weighted by Gasteiger charge is -2.04. The van der Waals surface area contributed by atoms with Gasteiger partial charge in [0.15, 0.2) is 0 Å². The molecule has 6 heteroatoms. The Kier molecular flexibility index (Phi) is 6.32. The average molecular weight is 283 g/mol. The van der Waals surface area contributed by atoms with Gasteiger partial charge in [-0.1, -0.05) is 6.92 Å². The highest BCUT2D eigenvalue weighted by atomic mass is 35.5. The molecule has 104 valence electrons. The lowest BCUT2D eigenvalue weighted by atomic mass is 10.1. The summed E-state index contributed by atoms with van der Waals surface area (Å²) in [6.07, 6.45) is 3.97. The van der Waals surface area contributed by atoms with Crippen LogP contribution in [0.4, 0.5) is 0 Å². The largest absolute Gasteiger partial charge is 0.355 e. The second-order valence-corrected chi connectivity index (χ2v) is 4.09. The normalized spacial score (nSPS) is 10.2. The zero-order valence-electron chi connectivity index (χ0n) is 10.9. The van der Waals surface area contributed by atoms with Gasteiger partial charge in [0.25, 0.3) is 0 Å². The molecular weight excluding hydrogens is 264 g/mol. The van der Waals surface area contributed by atoms with Crippen LogP contribution in [-0.2, 0) is 11.2 Å². The lowest BCUT2D eigenvalue weighted by molar-refractivity contribution is -0.120. The Balaban J connectivity index is 0.00000180. The van der Waals surface area contributed by atoms with Gasteiger partial charge in [0, 0.05) is 30.9 Å². The summed E-state index contributed by atoms with van der Waals surface area (Å²) in [5.74, 6) is 0.0395. The number of halogens is 1. The van der Waals surface area contributed by atoms with Crippen LogP contribution in [0.2, 0.25) is 0 Å². The molecule has 0 aliphatic heterocycles. The quantitative estimate of drug-likeness (QED) is 0.699. The second-order valence-electron chi connectivity index (χ2n) is 4.09. The summed E-state index contributed by atoms with van der Waals surface area (Å²) in [6.45, 7) is 4.43. The number of hydrogen-bond donors (Lipinski definition) is 3. The van der Waals surface area contributed by atoms with Gasteiger partial charge in [0.05, 0.1) is 6.42 Å². The highest BCUT2D eigenvalue weighted by Gasteiger charge is 2.08. The van der Waals surface area contributed by atoms with Crippen molar-refractivity contribution >= 4 is 29.3 Å². The molecular formula is C13H19ClN4O. The molecule has 0 atom stereocenters. The molecule has 3 N–H and O–H groups in total. The summed E-state index contributed by atoms with van der Waals surface area (Å²) in [5, 5.41) is 7.06. The van der Waals surface area contributed by atoms with E-state index >= 15 is 0 Å². The number of H-pyrrole nitrogens is 1. The van der Waals surface area contributed by atoms with E-state index < -0.39 is 0 Å². The van der Waals surface area contributed by atoms with Crippen molar-refractivity contribution in [3.63, 3.8) is 0 Å². The maximum absolute atomic E-state index is 11.7. The van der Waals surface area contributed by atoms with E-state index in [-0.39, 0.29) is 18.3 Å². The molecule has 0 aliphatic carbocycles. The molecule has 0 saturated heterocycles. The SMILES string of the molecule is CCNCCNC(=O)Cc1c[nH]c2ncccc12.Cl. The first-order chi connectivity index (χ1) is 8.81. The summed E-state index contributed by atoms with van der Waals surface area (Å²) in [6, 6.07) is 3.85. The van der Waals surface area contributed by atoms with Gasteiger partial charge < -0.3 is 15.6 Å². The fourth-order valence-corrected chi connectivity index (χ4v) is 1.86. The van der Waals surface area contributed by atoms with Gasteiger partial charge in [-0.05, 0) is 24.2 Å². The van der Waals surface area contributed by atoms with E-state index in [1.807, 2.05) is 25.3 Å². The number of nitrogens with one attached hydrogen (secondary N) is 3. The molecule has 19 heavy (non-hydrogen) atoms. The van der Waals surface area contributed by atoms with Crippen LogP contribution in [-0.4, -0.2) is 35.5 Å². The predicted molar refractivity (Wildman–Crippen MR) is 78.6 cm³/mol. The van der Waals surface area contributed by atoms with Crippen LogP contribution in [0.5, 0.6) is 0 Å². The highest BCUT2D eigenvalue weighted by molar-refractivity contribution is 5.87. The van der Waals surface area contributed by atoms with Crippen molar-refractivity contribution in [2.75, 3.05) is 19.6 Å². The molecule has 0 saturated carbocycles. The minimum absolute atomic E-state index is 0. The number of aromatic nitrogens is 2. The fourth-order valence-electron chi connectivity index (χ4n) is 1.86. The van der Waals surface area contributed by atoms with Crippen LogP contribution in [0, 0.1) is 0 Å². The van der Waals surface area contributed by atoms with E-state index in [9.17, 15) is 4.79 Å². The van der Waals surface area contributed by atoms with E-state index in [1.54, 1.807) is 6.20 Å². The summed E-state index contributed by atoms with van der Waals surface area (Å²) in [5.41, 5.74) is 1.81. The third-order valence-corrected chi connectivity index (χ3v) is 2.76. The van der Waals surface area contributed by atoms with Gasteiger partial charge in [-0.15, -0.1) is 12.4 Å². The Morgan fingerprint density at radius 2 is 2.26 bits per heavy atom. The maximum Gasteiger partial charge on any atom is 0.224 e. The van der Waals surface area contributed by atoms with Gasteiger partial charge >= 0.3 is 0 Å². The summed E-state index contributed by atoms with van der Waals surface area (Å²) >= 11 is 0. The van der Waals surface area contributed by atoms with E-state index in [4.69, 9.17) is 0 Å². The molecule has 0 spiro atoms. The smallest absolute Gasteiger partial charge is 0.224 e. The molecule has 0 radical (unpaired) electrons. The summed E-state index contributed by atoms with van der Waals surface area (Å²) in [7, 11) is 0. The Bertz CT molecular complexity index is 526. The molecule has 0 fully saturated rings. The van der Waals surface area contributed by atoms with E-state index in [2.05, 4.69) is 20.6 Å². The van der Waals surface area contributed by atoms with Gasteiger partial charge in [-0.25, -0.2) is 4.98 Å². The molecule has 0 aliphatic rings. The van der Waals surface area contributed by atoms with Gasteiger partial charge in [0.2, 0.25) is 5.91 Å². The van der Waals surface area contributed by atoms with E-state index in [0.717, 1.165) is 29.7 Å². The van der Waals surface area contributed by atoms with E-state index in [1.165, 1.54) is 0 Å². The Morgan fingerprint density at radius 3 is 3.05 bits per heavy atom. The second kappa shape index (κ2) is 7.76. The van der Waals surface area contributed by atoms with Gasteiger partial charge in [-0.2, -0.15) is 0 Å². The molecule has 2 aromatic rings. The summed E-state index contributed by atoms with van der Waals surface area (Å²) in [4.78, 5) is 19.0. The van der Waals surface area contributed by atoms with Gasteiger partial charge in [-0.3, -0.25) is 4.79 Å². The first kappa shape index (κ1) is 15.5. The Labute approximate surface area is 118 Å². The predicted octanol–water partition coefficient (Wildman–Crippen LogP) is 1.25. The number of pyridine rings is 1. The van der Waals surface area contributed by atoms with Crippen molar-refractivity contribution in [1.29, 1.82) is 0 Å². The van der Waals surface area contributed by atoms with Crippen LogP contribution >= 0.6 is 12.4 Å². The van der Waals surface area contributed by atoms with Crippen molar-refractivity contribution in [3.8, 4) is 0 Å². The number of nitrogens with zero attached hydrogens (tertiary/aromatic N) is 1. The molecule has 1 amide bonds. The molecule has 2 heterocycles. The first-order valence-electron chi connectivity index (χ1n) is 6.19. The zero-order chi connectivity index (χ0) is 12.8. The fraction of sp³-hybridized carbons (Fsp3) is 0.385. The van der Waals surface area contributed by atoms with E-state index in [0.29, 0.717) is 13.0 Å². The molecule has 5 nitrogen and oxygen atoms in total. The zero-order valence-corrected chi connectivity index (χ0v) is 11.7. The van der Waals surface area contributed by atoms with Crippen molar-refractivity contribution in [3.05, 3.63) is 30.1 Å². The monoisotopic (exact) mass is 282 g/mol. The average Bonchev–Trinajstić information content (AvgIpc) is 2.78. The van der Waals surface area contributed by atoms with Crippen LogP contribution in [0.3, 0.4) is 0 Å². The topological polar surface area (TPSA) is 69.8 Å². The maximum atomic E-state index is 11.7. The number of carbonyl (C=O) groups excluding carboxylic acids is 1. The molecule has 2 aromatic heterocycles. The highest BCUT2D eigenvalue weighted by Crippen LogP contribution is 2.15. The number of carbonyl (C=O) groups is 1. The Hall–Kier alpha value is -1.59. The number of likely N-dealkylation sites (N-methyl/N-ethyl adjacent to an activating group) is 1. The standard InChI is InChI=1S/C13H18N4O.ClH/c1-2-14-6-7-15-12(18)8-10-9-17-13-11(10)4-3-5-16-13;/h3-5,9,14H,2,6-8H2,1H3,(H,15,18)(H,16,17);1H. The van der Waals surface area contributed by atoms with Crippen molar-refractivity contribution in [2.24, 2.45) is 0 Å². The lowest BCUT2D eigenvalue weighted by Crippen LogP contribution is -2.32. The number of hydrogen-bond acceptors (Lipinski definition) is 3. The molecule has 0 bridgehead atoms. The first-order valence-corrected chi connectivity index (χ1v) is 6.19. The molecule has 0 aromatic carbocycles. The number of rotatable bonds is 6. The van der Waals surface area contributed by atoms with Crippen LogP contribution in [0.25, 0.3) is 11.0 Å². The van der Waals surface area contributed by atoms with Crippen LogP contribution < -0.4 is 10.6 Å². The van der Waals surface area contributed by atoms with Crippen molar-refractivity contribution in [1.82, 2.24) is 20.6 Å². The minimum atomic E-state index is 0.